The van der Waals surface area contributed by atoms with Crippen LogP contribution in [-0.4, -0.2) is 29.9 Å². The zero-order chi connectivity index (χ0) is 95.8. The first-order valence-electron chi connectivity index (χ1n) is 51.6. The highest BCUT2D eigenvalue weighted by Crippen LogP contribution is 2.60. The van der Waals surface area contributed by atoms with Crippen molar-refractivity contribution in [3.63, 3.8) is 0 Å². The number of rotatable bonds is 15. The molecule has 690 valence electrons. The van der Waals surface area contributed by atoms with Crippen LogP contribution in [0.1, 0.15) is 130 Å². The second-order valence-electron chi connectivity index (χ2n) is 39.9. The van der Waals surface area contributed by atoms with Crippen molar-refractivity contribution in [2.75, 3.05) is 0 Å². The lowest BCUT2D eigenvalue weighted by molar-refractivity contribution is 0.353. The Morgan fingerprint density at radius 2 is 0.299 bits per heavy atom. The molecule has 6 aliphatic carbocycles. The molecular weight excluding hydrogens is 1740 g/mol. The summed E-state index contributed by atoms with van der Waals surface area (Å²) < 4.78 is 0. The molecule has 18 aromatic carbocycles. The van der Waals surface area contributed by atoms with Crippen LogP contribution in [0.3, 0.4) is 0 Å². The number of aromatic nitrogens is 6. The molecule has 3 fully saturated rings. The molecule has 0 saturated heterocycles. The monoisotopic (exact) mass is 1850 g/mol. The Labute approximate surface area is 844 Å². The molecule has 0 amide bonds. The fraction of sp³-hybridized carbons (Fsp3) is 0.130. The van der Waals surface area contributed by atoms with Gasteiger partial charge in [0.05, 0.1) is 34.2 Å². The Bertz CT molecular complexity index is 8100. The lowest BCUT2D eigenvalue weighted by Crippen LogP contribution is -2.27. The average Bonchev–Trinajstić information content (AvgIpc) is 1.57. The van der Waals surface area contributed by atoms with Gasteiger partial charge in [-0.3, -0.25) is 0 Å². The third kappa shape index (κ3) is 17.0. The van der Waals surface area contributed by atoms with Crippen LogP contribution in [0.25, 0.3) is 202 Å². The van der Waals surface area contributed by atoms with Gasteiger partial charge in [-0.15, -0.1) is 0 Å². The second kappa shape index (κ2) is 38.7. The van der Waals surface area contributed by atoms with Gasteiger partial charge in [0.25, 0.3) is 0 Å². The standard InChI is InChI=1S/3C46H36N2/c1-4-13-34(14-5-1)43-31-44(48-45(47-43)35-15-6-2-7-16-35)38-18-12-17-36(29-38)32-21-23-33(24-22-32)37-25-26-42-40(30-37)39-19-8-9-20-41(39)46(42)27-10-3-11-28-46;1-4-13-33(14-5-1)43-31-44(48-45(47-43)35-15-6-2-7-16-35)34-23-21-32(22-24-34)36-17-12-18-37(29-36)38-25-26-42-40(30-38)39-19-8-9-20-41(39)46(42)27-10-3-11-28-46;1-4-12-35(13-5-1)43-31-44(48-45(47-43)37-14-6-2-7-15-37)36-24-22-33(23-25-36)32-18-20-34(21-19-32)38-26-27-42-40(30-38)39-16-8-9-17-41(39)46(42)28-10-3-11-29-46/h2*1-2,4-9,12-26,29-31H,3,10-11,27-28H2;1-2,4-9,12-27,30-31H,3,10-11,28-29H2. The van der Waals surface area contributed by atoms with E-state index in [1.165, 1.54) is 208 Å². The highest BCUT2D eigenvalue weighted by atomic mass is 14.9. The first-order chi connectivity index (χ1) is 71.2. The first kappa shape index (κ1) is 88.6. The summed E-state index contributed by atoms with van der Waals surface area (Å²) in [6, 6.07) is 170. The van der Waals surface area contributed by atoms with Gasteiger partial charge in [0.1, 0.15) is 0 Å². The maximum absolute atomic E-state index is 5.05. The smallest absolute Gasteiger partial charge is 0.160 e. The molecule has 0 unspecified atom stereocenters. The van der Waals surface area contributed by atoms with Crippen LogP contribution in [-0.2, 0) is 16.2 Å². The van der Waals surface area contributed by atoms with Gasteiger partial charge in [-0.25, -0.2) is 29.9 Å². The maximum atomic E-state index is 5.05. The quantitative estimate of drug-likeness (QED) is 0.102. The summed E-state index contributed by atoms with van der Waals surface area (Å²) in [5.74, 6) is 2.19. The van der Waals surface area contributed by atoms with E-state index in [0.29, 0.717) is 0 Å². The third-order valence-electron chi connectivity index (χ3n) is 31.6. The van der Waals surface area contributed by atoms with Crippen molar-refractivity contribution in [3.05, 3.63) is 507 Å². The number of hydrogen-bond donors (Lipinski definition) is 0. The fourth-order valence-electron chi connectivity index (χ4n) is 24.3. The molecule has 0 aliphatic heterocycles. The third-order valence-corrected chi connectivity index (χ3v) is 31.6. The molecular formula is C138H108N6. The zero-order valence-electron chi connectivity index (χ0n) is 80.8. The van der Waals surface area contributed by atoms with Crippen LogP contribution in [0.2, 0.25) is 0 Å². The van der Waals surface area contributed by atoms with Gasteiger partial charge in [-0.1, -0.05) is 482 Å². The Morgan fingerprint density at radius 1 is 0.118 bits per heavy atom. The normalized spacial score (nSPS) is 14.4. The molecule has 144 heavy (non-hydrogen) atoms. The van der Waals surface area contributed by atoms with E-state index in [0.717, 1.165) is 102 Å². The van der Waals surface area contributed by atoms with Crippen molar-refractivity contribution in [2.24, 2.45) is 0 Å². The molecule has 21 aromatic rings. The maximum Gasteiger partial charge on any atom is 0.160 e. The largest absolute Gasteiger partial charge is 0.228 e. The predicted molar refractivity (Wildman–Crippen MR) is 596 cm³/mol. The van der Waals surface area contributed by atoms with Gasteiger partial charge >= 0.3 is 0 Å². The van der Waals surface area contributed by atoms with Crippen LogP contribution in [0.15, 0.2) is 473 Å². The van der Waals surface area contributed by atoms with Gasteiger partial charge in [-0.05, 0) is 221 Å². The summed E-state index contributed by atoms with van der Waals surface area (Å²) in [5.41, 5.74) is 48.1. The number of hydrogen-bond acceptors (Lipinski definition) is 6. The lowest BCUT2D eigenvalue weighted by atomic mass is 9.68. The molecule has 0 radical (unpaired) electrons. The van der Waals surface area contributed by atoms with E-state index in [1.807, 2.05) is 72.8 Å². The highest BCUT2D eigenvalue weighted by Gasteiger charge is 2.47. The molecule has 3 aromatic heterocycles. The van der Waals surface area contributed by atoms with Gasteiger partial charge < -0.3 is 0 Å². The zero-order valence-corrected chi connectivity index (χ0v) is 80.8. The Balaban J connectivity index is 0.000000113. The number of fused-ring (bicyclic) bond motifs is 15. The van der Waals surface area contributed by atoms with Gasteiger partial charge in [0.2, 0.25) is 0 Å². The summed E-state index contributed by atoms with van der Waals surface area (Å²) >= 11 is 0. The minimum atomic E-state index is 0.194. The molecule has 3 heterocycles. The molecule has 6 nitrogen and oxygen atoms in total. The average molecular weight is 1850 g/mol. The summed E-state index contributed by atoms with van der Waals surface area (Å²) in [4.78, 5) is 29.9. The topological polar surface area (TPSA) is 77.3 Å². The first-order valence-corrected chi connectivity index (χ1v) is 51.6. The molecule has 3 spiro atoms. The van der Waals surface area contributed by atoms with E-state index >= 15 is 0 Å². The molecule has 6 heteroatoms. The lowest BCUT2D eigenvalue weighted by Gasteiger charge is -2.36. The number of nitrogens with zero attached hydrogens (tertiary/aromatic N) is 6. The van der Waals surface area contributed by atoms with Gasteiger partial charge in [0, 0.05) is 66.3 Å². The summed E-state index contributed by atoms with van der Waals surface area (Å²) in [6.45, 7) is 0. The molecule has 0 N–H and O–H groups in total. The predicted octanol–water partition coefficient (Wildman–Crippen LogP) is 36.1. The molecule has 6 aliphatic rings. The minimum absolute atomic E-state index is 0.194. The van der Waals surface area contributed by atoms with Crippen LogP contribution >= 0.6 is 0 Å². The van der Waals surface area contributed by atoms with Crippen molar-refractivity contribution in [1.29, 1.82) is 0 Å². The molecule has 0 bridgehead atoms. The summed E-state index contributed by atoms with van der Waals surface area (Å²) in [7, 11) is 0. The van der Waals surface area contributed by atoms with Crippen molar-refractivity contribution >= 4 is 0 Å². The van der Waals surface area contributed by atoms with Crippen LogP contribution in [0.5, 0.6) is 0 Å². The van der Waals surface area contributed by atoms with E-state index in [-0.39, 0.29) is 16.2 Å². The van der Waals surface area contributed by atoms with E-state index in [2.05, 4.69) is 400 Å². The SMILES string of the molecule is c1ccc(-c2cc(-c3ccc(-c4ccc(-c5ccc6c(c5)-c5ccccc5C65CCCCC5)cc4)cc3)nc(-c3ccccc3)n2)cc1.c1ccc(-c2cc(-c3ccc(-c4cccc(-c5ccc6c(c5)-c5ccccc5C65CCCCC5)c4)cc3)nc(-c3ccccc3)n2)cc1.c1ccc(-c2cc(-c3cccc(-c4ccc(-c5ccc6c(c5)-c5ccccc5C65CCCCC5)cc4)c3)nc(-c3ccccc3)n2)cc1. The number of benzene rings is 18. The van der Waals surface area contributed by atoms with Crippen molar-refractivity contribution < 1.29 is 0 Å². The highest BCUT2D eigenvalue weighted by molar-refractivity contribution is 5.91. The second-order valence-corrected chi connectivity index (χ2v) is 39.9. The van der Waals surface area contributed by atoms with Crippen LogP contribution in [0.4, 0.5) is 0 Å². The Morgan fingerprint density at radius 3 is 0.583 bits per heavy atom. The van der Waals surface area contributed by atoms with Gasteiger partial charge in [0.15, 0.2) is 17.5 Å². The summed E-state index contributed by atoms with van der Waals surface area (Å²) in [5, 5.41) is 0. The van der Waals surface area contributed by atoms with E-state index in [4.69, 9.17) is 29.9 Å². The van der Waals surface area contributed by atoms with Gasteiger partial charge in [-0.2, -0.15) is 0 Å². The van der Waals surface area contributed by atoms with E-state index in [1.54, 1.807) is 22.3 Å². The minimum Gasteiger partial charge on any atom is -0.228 e. The Kier molecular flexibility index (Phi) is 23.8. The van der Waals surface area contributed by atoms with Crippen molar-refractivity contribution in [2.45, 2.75) is 113 Å². The van der Waals surface area contributed by atoms with E-state index < -0.39 is 0 Å². The van der Waals surface area contributed by atoms with Crippen LogP contribution < -0.4 is 0 Å². The fourth-order valence-corrected chi connectivity index (χ4v) is 24.3. The molecule has 27 rings (SSSR count). The van der Waals surface area contributed by atoms with Crippen LogP contribution in [0, 0.1) is 0 Å². The Hall–Kier alpha value is -16.8. The molecule has 0 atom stereocenters. The van der Waals surface area contributed by atoms with E-state index in [9.17, 15) is 0 Å². The van der Waals surface area contributed by atoms with Crippen molar-refractivity contribution in [1.82, 2.24) is 29.9 Å². The summed E-state index contributed by atoms with van der Waals surface area (Å²) in [6.07, 6.45) is 19.6. The molecule has 3 saturated carbocycles. The van der Waals surface area contributed by atoms with Crippen molar-refractivity contribution in [3.8, 4) is 202 Å².